The molecule has 0 bridgehead atoms. The average molecular weight is 301 g/mol. The highest BCUT2D eigenvalue weighted by molar-refractivity contribution is 6.28. The zero-order valence-corrected chi connectivity index (χ0v) is 13.8. The van der Waals surface area contributed by atoms with Gasteiger partial charge in [0.1, 0.15) is 0 Å². The molecule has 0 aromatic carbocycles. The molecule has 1 unspecified atom stereocenters. The smallest absolute Gasteiger partial charge is 0.231 e. The van der Waals surface area contributed by atoms with Gasteiger partial charge >= 0.3 is 0 Å². The second-order valence-corrected chi connectivity index (χ2v) is 5.39. The van der Waals surface area contributed by atoms with E-state index in [-0.39, 0.29) is 5.28 Å². The Morgan fingerprint density at radius 3 is 2.45 bits per heavy atom. The van der Waals surface area contributed by atoms with Gasteiger partial charge in [0.05, 0.1) is 0 Å². The first-order valence-electron chi connectivity index (χ1n) is 7.04. The summed E-state index contributed by atoms with van der Waals surface area (Å²) < 4.78 is 0. The Morgan fingerprint density at radius 1 is 1.20 bits per heavy atom. The van der Waals surface area contributed by atoms with Gasteiger partial charge in [-0.25, -0.2) is 0 Å². The highest BCUT2D eigenvalue weighted by Crippen LogP contribution is 2.16. The molecule has 6 nitrogen and oxygen atoms in total. The lowest BCUT2D eigenvalue weighted by Crippen LogP contribution is -2.41. The Kier molecular flexibility index (Phi) is 6.95. The van der Waals surface area contributed by atoms with Crippen molar-refractivity contribution >= 4 is 23.5 Å². The summed E-state index contributed by atoms with van der Waals surface area (Å²) in [6.45, 7) is 8.90. The monoisotopic (exact) mass is 300 g/mol. The minimum Gasteiger partial charge on any atom is -0.354 e. The molecule has 1 aromatic rings. The lowest BCUT2D eigenvalue weighted by atomic mass is 10.3. The number of rotatable bonds is 8. The van der Waals surface area contributed by atoms with Gasteiger partial charge in [-0.05, 0) is 46.0 Å². The molecule has 0 radical (unpaired) electrons. The quantitative estimate of drug-likeness (QED) is 0.794. The van der Waals surface area contributed by atoms with Gasteiger partial charge in [0.2, 0.25) is 17.2 Å². The Balaban J connectivity index is 2.93. The summed E-state index contributed by atoms with van der Waals surface area (Å²) in [4.78, 5) is 17.1. The zero-order valence-electron chi connectivity index (χ0n) is 13.0. The summed E-state index contributed by atoms with van der Waals surface area (Å²) in [6.07, 6.45) is 1.01. The van der Waals surface area contributed by atoms with Gasteiger partial charge in [0.15, 0.2) is 0 Å². The number of anilines is 2. The molecule has 0 aliphatic heterocycles. The van der Waals surface area contributed by atoms with Gasteiger partial charge in [-0.15, -0.1) is 0 Å². The topological polar surface area (TPSA) is 57.2 Å². The molecule has 1 aromatic heterocycles. The number of nitrogens with zero attached hydrogens (tertiary/aromatic N) is 5. The molecule has 114 valence electrons. The van der Waals surface area contributed by atoms with Gasteiger partial charge < -0.3 is 15.1 Å². The fraction of sp³-hybridized carbons (Fsp3) is 0.769. The van der Waals surface area contributed by atoms with E-state index in [4.69, 9.17) is 11.6 Å². The number of likely N-dealkylation sites (N-methyl/N-ethyl adjacent to an activating group) is 2. The third-order valence-corrected chi connectivity index (χ3v) is 3.06. The third kappa shape index (κ3) is 5.09. The average Bonchev–Trinajstić information content (AvgIpc) is 2.35. The minimum absolute atomic E-state index is 0.226. The molecule has 0 aliphatic carbocycles. The number of hydrogen-bond donors (Lipinski definition) is 1. The third-order valence-electron chi connectivity index (χ3n) is 2.89. The molecule has 0 saturated carbocycles. The fourth-order valence-corrected chi connectivity index (χ4v) is 2.22. The lowest BCUT2D eigenvalue weighted by molar-refractivity contribution is 0.371. The minimum atomic E-state index is 0.226. The number of halogens is 1. The molecule has 0 fully saturated rings. The van der Waals surface area contributed by atoms with E-state index in [0.717, 1.165) is 26.1 Å². The van der Waals surface area contributed by atoms with Crippen LogP contribution >= 0.6 is 11.6 Å². The molecular weight excluding hydrogens is 276 g/mol. The van der Waals surface area contributed by atoms with E-state index in [2.05, 4.69) is 64.9 Å². The second kappa shape index (κ2) is 8.21. The largest absolute Gasteiger partial charge is 0.354 e. The van der Waals surface area contributed by atoms with Crippen molar-refractivity contribution in [3.8, 4) is 0 Å². The number of nitrogens with one attached hydrogen (secondary N) is 1. The summed E-state index contributed by atoms with van der Waals surface area (Å²) in [5.74, 6) is 1.16. The Morgan fingerprint density at radius 2 is 1.90 bits per heavy atom. The molecule has 0 spiro atoms. The van der Waals surface area contributed by atoms with Crippen molar-refractivity contribution in [1.82, 2.24) is 19.9 Å². The summed E-state index contributed by atoms with van der Waals surface area (Å²) >= 11 is 6.00. The molecular formula is C13H25ClN6. The molecule has 20 heavy (non-hydrogen) atoms. The van der Waals surface area contributed by atoms with E-state index in [1.807, 2.05) is 0 Å². The highest BCUT2D eigenvalue weighted by atomic mass is 35.5. The standard InChI is InChI=1S/C13H25ClN6/c1-6-8-15-12-16-11(14)17-13(18-12)20(7-2)10(3)9-19(4)5/h10H,6-9H2,1-5H3,(H,15,16,17,18). The van der Waals surface area contributed by atoms with Crippen LogP contribution in [0.25, 0.3) is 0 Å². The maximum atomic E-state index is 6.00. The van der Waals surface area contributed by atoms with E-state index < -0.39 is 0 Å². The SMILES string of the molecule is CCCNc1nc(Cl)nc(N(CC)C(C)CN(C)C)n1. The molecule has 0 aliphatic rings. The molecule has 1 N–H and O–H groups in total. The van der Waals surface area contributed by atoms with Crippen molar-refractivity contribution in [2.24, 2.45) is 0 Å². The Bertz CT molecular complexity index is 412. The normalized spacial score (nSPS) is 12.6. The van der Waals surface area contributed by atoms with E-state index in [9.17, 15) is 0 Å². The van der Waals surface area contributed by atoms with Crippen LogP contribution < -0.4 is 10.2 Å². The summed E-state index contributed by atoms with van der Waals surface area (Å²) in [5, 5.41) is 3.38. The van der Waals surface area contributed by atoms with E-state index in [0.29, 0.717) is 17.9 Å². The van der Waals surface area contributed by atoms with Crippen molar-refractivity contribution in [3.63, 3.8) is 0 Å². The van der Waals surface area contributed by atoms with Gasteiger partial charge in [-0.1, -0.05) is 6.92 Å². The molecule has 1 rings (SSSR count). The molecule has 0 amide bonds. The van der Waals surface area contributed by atoms with Crippen LogP contribution in [0.4, 0.5) is 11.9 Å². The van der Waals surface area contributed by atoms with Gasteiger partial charge in [0, 0.05) is 25.7 Å². The molecule has 1 heterocycles. The van der Waals surface area contributed by atoms with Crippen molar-refractivity contribution in [1.29, 1.82) is 0 Å². The number of hydrogen-bond acceptors (Lipinski definition) is 6. The zero-order chi connectivity index (χ0) is 15.1. The van der Waals surface area contributed by atoms with E-state index in [1.54, 1.807) is 0 Å². The van der Waals surface area contributed by atoms with Crippen molar-refractivity contribution < 1.29 is 0 Å². The van der Waals surface area contributed by atoms with Crippen LogP contribution in [0.3, 0.4) is 0 Å². The number of aromatic nitrogens is 3. The van der Waals surface area contributed by atoms with Crippen LogP contribution in [0.2, 0.25) is 5.28 Å². The second-order valence-electron chi connectivity index (χ2n) is 5.05. The van der Waals surface area contributed by atoms with E-state index in [1.165, 1.54) is 0 Å². The summed E-state index contributed by atoms with van der Waals surface area (Å²) in [6, 6.07) is 0.299. The molecule has 7 heteroatoms. The maximum Gasteiger partial charge on any atom is 0.231 e. The highest BCUT2D eigenvalue weighted by Gasteiger charge is 2.18. The predicted molar refractivity (Wildman–Crippen MR) is 84.7 cm³/mol. The Hall–Kier alpha value is -1.14. The molecule has 1 atom stereocenters. The predicted octanol–water partition coefficient (Wildman–Crippen LogP) is 2.12. The van der Waals surface area contributed by atoms with Crippen LogP contribution in [-0.4, -0.2) is 59.6 Å². The first-order valence-corrected chi connectivity index (χ1v) is 7.42. The van der Waals surface area contributed by atoms with Gasteiger partial charge in [-0.2, -0.15) is 15.0 Å². The van der Waals surface area contributed by atoms with Crippen LogP contribution in [0.1, 0.15) is 27.2 Å². The summed E-state index contributed by atoms with van der Waals surface area (Å²) in [7, 11) is 4.11. The van der Waals surface area contributed by atoms with Crippen LogP contribution in [0.5, 0.6) is 0 Å². The molecule has 0 saturated heterocycles. The van der Waals surface area contributed by atoms with Gasteiger partial charge in [-0.3, -0.25) is 0 Å². The summed E-state index contributed by atoms with van der Waals surface area (Å²) in [5.41, 5.74) is 0. The van der Waals surface area contributed by atoms with Crippen LogP contribution in [0.15, 0.2) is 0 Å². The fourth-order valence-electron chi connectivity index (χ4n) is 2.06. The van der Waals surface area contributed by atoms with Gasteiger partial charge in [0.25, 0.3) is 0 Å². The van der Waals surface area contributed by atoms with Crippen molar-refractivity contribution in [2.45, 2.75) is 33.2 Å². The first-order chi connectivity index (χ1) is 9.47. The van der Waals surface area contributed by atoms with Crippen molar-refractivity contribution in [3.05, 3.63) is 5.28 Å². The first kappa shape index (κ1) is 16.9. The maximum absolute atomic E-state index is 6.00. The van der Waals surface area contributed by atoms with Crippen LogP contribution in [0, 0.1) is 0 Å². The Labute approximate surface area is 126 Å². The van der Waals surface area contributed by atoms with E-state index >= 15 is 0 Å². The lowest BCUT2D eigenvalue weighted by Gasteiger charge is -2.30. The van der Waals surface area contributed by atoms with Crippen molar-refractivity contribution in [2.75, 3.05) is 43.9 Å². The van der Waals surface area contributed by atoms with Crippen LogP contribution in [-0.2, 0) is 0 Å².